The first-order chi connectivity index (χ1) is 11.3. The van der Waals surface area contributed by atoms with Crippen LogP contribution in [0.4, 0.5) is 5.69 Å². The quantitative estimate of drug-likeness (QED) is 0.891. The molecule has 3 rings (SSSR count). The molecular weight excluding hydrogens is 326 g/mol. The van der Waals surface area contributed by atoms with E-state index in [-0.39, 0.29) is 22.8 Å². The second kappa shape index (κ2) is 6.46. The summed E-state index contributed by atoms with van der Waals surface area (Å²) in [6, 6.07) is 5.18. The Morgan fingerprint density at radius 1 is 1.29 bits per heavy atom. The number of carbonyl (C=O) groups excluding carboxylic acids is 1. The van der Waals surface area contributed by atoms with Crippen molar-refractivity contribution in [3.05, 3.63) is 23.8 Å². The Morgan fingerprint density at radius 3 is 2.71 bits per heavy atom. The highest BCUT2D eigenvalue weighted by Gasteiger charge is 2.33. The van der Waals surface area contributed by atoms with Gasteiger partial charge in [-0.15, -0.1) is 0 Å². The number of rotatable bonds is 3. The summed E-state index contributed by atoms with van der Waals surface area (Å²) < 4.78 is 25.9. The molecule has 1 heterocycles. The first-order valence-electron chi connectivity index (χ1n) is 8.43. The zero-order valence-electron chi connectivity index (χ0n) is 14.2. The largest absolute Gasteiger partial charge is 0.328 e. The van der Waals surface area contributed by atoms with Crippen LogP contribution in [0.3, 0.4) is 0 Å². The summed E-state index contributed by atoms with van der Waals surface area (Å²) in [5.41, 5.74) is 7.78. The first kappa shape index (κ1) is 17.4. The fourth-order valence-electron chi connectivity index (χ4n) is 3.63. The predicted octanol–water partition coefficient (Wildman–Crippen LogP) is 1.34. The summed E-state index contributed by atoms with van der Waals surface area (Å²) in [4.78, 5) is 14.9. The first-order valence-corrected chi connectivity index (χ1v) is 9.87. The van der Waals surface area contributed by atoms with Gasteiger partial charge in [0.2, 0.25) is 15.9 Å². The van der Waals surface area contributed by atoms with Gasteiger partial charge >= 0.3 is 0 Å². The molecule has 1 aromatic carbocycles. The summed E-state index contributed by atoms with van der Waals surface area (Å²) >= 11 is 0. The summed E-state index contributed by atoms with van der Waals surface area (Å²) in [5, 5.41) is 0. The molecule has 0 saturated heterocycles. The van der Waals surface area contributed by atoms with Crippen LogP contribution in [0.25, 0.3) is 0 Å². The van der Waals surface area contributed by atoms with Crippen molar-refractivity contribution in [3.63, 3.8) is 0 Å². The molecule has 1 aromatic rings. The van der Waals surface area contributed by atoms with E-state index in [2.05, 4.69) is 0 Å². The Labute approximate surface area is 143 Å². The van der Waals surface area contributed by atoms with Crippen molar-refractivity contribution in [2.45, 2.75) is 43.0 Å². The maximum absolute atomic E-state index is 12.9. The molecule has 0 bridgehead atoms. The Bertz CT molecular complexity index is 745. The topological polar surface area (TPSA) is 83.7 Å². The summed E-state index contributed by atoms with van der Waals surface area (Å²) in [6.07, 6.45) is 4.31. The van der Waals surface area contributed by atoms with Crippen molar-refractivity contribution < 1.29 is 13.2 Å². The average Bonchev–Trinajstić information content (AvgIpc) is 2.97. The van der Waals surface area contributed by atoms with Gasteiger partial charge in [0.25, 0.3) is 0 Å². The third-order valence-corrected chi connectivity index (χ3v) is 6.87. The number of amides is 1. The van der Waals surface area contributed by atoms with E-state index in [0.29, 0.717) is 6.54 Å². The molecule has 2 N–H and O–H groups in total. The lowest BCUT2D eigenvalue weighted by atomic mass is 9.85. The van der Waals surface area contributed by atoms with Crippen molar-refractivity contribution in [1.82, 2.24) is 4.31 Å². The van der Waals surface area contributed by atoms with Crippen molar-refractivity contribution >= 4 is 21.6 Å². The molecule has 2 unspecified atom stereocenters. The van der Waals surface area contributed by atoms with Crippen molar-refractivity contribution in [3.8, 4) is 0 Å². The van der Waals surface area contributed by atoms with Gasteiger partial charge in [-0.05, 0) is 43.4 Å². The second-order valence-electron chi connectivity index (χ2n) is 6.94. The van der Waals surface area contributed by atoms with Gasteiger partial charge in [0, 0.05) is 38.3 Å². The zero-order chi connectivity index (χ0) is 17.5. The highest BCUT2D eigenvalue weighted by atomic mass is 32.2. The number of benzene rings is 1. The minimum absolute atomic E-state index is 0.0474. The molecule has 0 radical (unpaired) electrons. The molecule has 1 fully saturated rings. The van der Waals surface area contributed by atoms with E-state index in [0.717, 1.165) is 43.4 Å². The normalized spacial score (nSPS) is 24.2. The van der Waals surface area contributed by atoms with Crippen LogP contribution in [-0.2, 0) is 21.2 Å². The molecule has 7 heteroatoms. The molecule has 24 heavy (non-hydrogen) atoms. The third kappa shape index (κ3) is 3.08. The predicted molar refractivity (Wildman–Crippen MR) is 93.3 cm³/mol. The third-order valence-electron chi connectivity index (χ3n) is 5.06. The molecule has 1 aliphatic heterocycles. The van der Waals surface area contributed by atoms with E-state index >= 15 is 0 Å². The van der Waals surface area contributed by atoms with Crippen molar-refractivity contribution in [2.24, 2.45) is 11.7 Å². The van der Waals surface area contributed by atoms with E-state index < -0.39 is 10.0 Å². The molecule has 6 nitrogen and oxygen atoms in total. The molecule has 132 valence electrons. The number of anilines is 1. The van der Waals surface area contributed by atoms with Gasteiger partial charge in [0.1, 0.15) is 0 Å². The van der Waals surface area contributed by atoms with Crippen LogP contribution in [0.2, 0.25) is 0 Å². The lowest BCUT2D eigenvalue weighted by molar-refractivity contribution is -0.123. The molecule has 2 aliphatic rings. The number of hydrogen-bond acceptors (Lipinski definition) is 4. The second-order valence-corrected chi connectivity index (χ2v) is 9.09. The fourth-order valence-corrected chi connectivity index (χ4v) is 4.55. The molecule has 0 spiro atoms. The lowest BCUT2D eigenvalue weighted by Gasteiger charge is -2.29. The summed E-state index contributed by atoms with van der Waals surface area (Å²) in [7, 11) is -0.488. The van der Waals surface area contributed by atoms with Gasteiger partial charge in [0.05, 0.1) is 4.90 Å². The van der Waals surface area contributed by atoms with Crippen LogP contribution in [0, 0.1) is 5.92 Å². The van der Waals surface area contributed by atoms with E-state index in [1.165, 1.54) is 18.4 Å². The van der Waals surface area contributed by atoms with Crippen LogP contribution < -0.4 is 10.6 Å². The minimum Gasteiger partial charge on any atom is -0.328 e. The maximum Gasteiger partial charge on any atom is 0.242 e. The standard InChI is InChI=1S/C17H25N3O3S/c1-19(2)24(22,23)15-7-6-12-8-9-20(16(12)11-15)17(21)13-4-3-5-14(18)10-13/h6-7,11,13-14H,3-5,8-10,18H2,1-2H3. The van der Waals surface area contributed by atoms with Crippen molar-refractivity contribution in [2.75, 3.05) is 25.5 Å². The van der Waals surface area contributed by atoms with Gasteiger partial charge in [-0.25, -0.2) is 12.7 Å². The highest BCUT2D eigenvalue weighted by Crippen LogP contribution is 2.34. The smallest absolute Gasteiger partial charge is 0.242 e. The van der Waals surface area contributed by atoms with Crippen LogP contribution in [0.1, 0.15) is 31.2 Å². The molecule has 1 aliphatic carbocycles. The van der Waals surface area contributed by atoms with Gasteiger partial charge in [-0.1, -0.05) is 12.5 Å². The fraction of sp³-hybridized carbons (Fsp3) is 0.588. The highest BCUT2D eigenvalue weighted by molar-refractivity contribution is 7.89. The van der Waals surface area contributed by atoms with Gasteiger partial charge < -0.3 is 10.6 Å². The number of sulfonamides is 1. The van der Waals surface area contributed by atoms with E-state index in [1.807, 2.05) is 6.07 Å². The maximum atomic E-state index is 12.9. The Hall–Kier alpha value is -1.44. The van der Waals surface area contributed by atoms with Gasteiger partial charge in [0.15, 0.2) is 0 Å². The van der Waals surface area contributed by atoms with Gasteiger partial charge in [-0.3, -0.25) is 4.79 Å². The monoisotopic (exact) mass is 351 g/mol. The van der Waals surface area contributed by atoms with Crippen LogP contribution in [0.5, 0.6) is 0 Å². The van der Waals surface area contributed by atoms with Crippen molar-refractivity contribution in [1.29, 1.82) is 0 Å². The van der Waals surface area contributed by atoms with Crippen LogP contribution in [0.15, 0.2) is 23.1 Å². The van der Waals surface area contributed by atoms with Crippen LogP contribution in [-0.4, -0.2) is 45.3 Å². The summed E-state index contributed by atoms with van der Waals surface area (Å²) in [6.45, 7) is 0.616. The number of nitrogens with two attached hydrogens (primary N) is 1. The molecule has 0 aromatic heterocycles. The van der Waals surface area contributed by atoms with E-state index in [9.17, 15) is 13.2 Å². The Kier molecular flexibility index (Phi) is 4.68. The molecular formula is C17H25N3O3S. The summed E-state index contributed by atoms with van der Waals surface area (Å²) in [5.74, 6) is 0.0390. The minimum atomic E-state index is -3.51. The van der Waals surface area contributed by atoms with Crippen LogP contribution >= 0.6 is 0 Å². The molecule has 2 atom stereocenters. The number of fused-ring (bicyclic) bond motifs is 1. The average molecular weight is 351 g/mol. The molecule has 1 saturated carbocycles. The number of hydrogen-bond donors (Lipinski definition) is 1. The van der Waals surface area contributed by atoms with Gasteiger partial charge in [-0.2, -0.15) is 0 Å². The number of nitrogens with zero attached hydrogens (tertiary/aromatic N) is 2. The van der Waals surface area contributed by atoms with E-state index in [4.69, 9.17) is 5.73 Å². The Balaban J connectivity index is 1.89. The Morgan fingerprint density at radius 2 is 2.04 bits per heavy atom. The zero-order valence-corrected chi connectivity index (χ0v) is 15.1. The SMILES string of the molecule is CN(C)S(=O)(=O)c1ccc2c(c1)N(C(=O)C1CCCC(N)C1)CC2. The number of carbonyl (C=O) groups is 1. The van der Waals surface area contributed by atoms with E-state index in [1.54, 1.807) is 17.0 Å². The molecule has 1 amide bonds. The lowest BCUT2D eigenvalue weighted by Crippen LogP contribution is -2.40.